The zero-order valence-corrected chi connectivity index (χ0v) is 11.5. The molecule has 0 saturated carbocycles. The van der Waals surface area contributed by atoms with Gasteiger partial charge in [-0.15, -0.1) is 0 Å². The molecule has 0 spiro atoms. The second-order valence-corrected chi connectivity index (χ2v) is 4.42. The summed E-state index contributed by atoms with van der Waals surface area (Å²) in [5, 5.41) is 0.267. The van der Waals surface area contributed by atoms with Crippen LogP contribution in [-0.4, -0.2) is 12.6 Å². The number of aryl methyl sites for hydroxylation is 1. The van der Waals surface area contributed by atoms with Crippen molar-refractivity contribution in [1.82, 2.24) is 0 Å². The minimum atomic E-state index is -0.532. The predicted molar refractivity (Wildman–Crippen MR) is 74.3 cm³/mol. The van der Waals surface area contributed by atoms with Gasteiger partial charge in [0.2, 0.25) is 0 Å². The largest absolute Gasteiger partial charge is 0.462 e. The summed E-state index contributed by atoms with van der Waals surface area (Å²) in [6, 6.07) is 6.95. The van der Waals surface area contributed by atoms with Crippen molar-refractivity contribution in [2.75, 3.05) is 12.3 Å². The topological polar surface area (TPSA) is 65.5 Å². The van der Waals surface area contributed by atoms with Gasteiger partial charge in [0.1, 0.15) is 17.1 Å². The maximum atomic E-state index is 11.9. The lowest BCUT2D eigenvalue weighted by Crippen LogP contribution is -2.09. The van der Waals surface area contributed by atoms with Crippen molar-refractivity contribution >= 4 is 23.3 Å². The van der Waals surface area contributed by atoms with Gasteiger partial charge in [0.25, 0.3) is 0 Å². The first-order chi connectivity index (χ1) is 9.04. The number of esters is 1. The van der Waals surface area contributed by atoms with E-state index >= 15 is 0 Å². The van der Waals surface area contributed by atoms with E-state index in [1.165, 1.54) is 0 Å². The summed E-state index contributed by atoms with van der Waals surface area (Å²) < 4.78 is 10.5. The summed E-state index contributed by atoms with van der Waals surface area (Å²) >= 11 is 6.01. The van der Waals surface area contributed by atoms with Crippen LogP contribution < -0.4 is 5.73 Å². The second kappa shape index (κ2) is 5.36. The maximum Gasteiger partial charge on any atom is 0.341 e. The zero-order chi connectivity index (χ0) is 14.0. The second-order valence-electron chi connectivity index (χ2n) is 4.01. The molecule has 100 valence electrons. The van der Waals surface area contributed by atoms with Crippen LogP contribution in [0.15, 0.2) is 28.7 Å². The molecule has 0 saturated heterocycles. The quantitative estimate of drug-likeness (QED) is 0.688. The summed E-state index contributed by atoms with van der Waals surface area (Å²) in [5.74, 6) is 0.828. The van der Waals surface area contributed by atoms with Gasteiger partial charge in [0.05, 0.1) is 17.3 Å². The molecule has 0 aliphatic rings. The number of nitrogen functional groups attached to an aromatic ring is 1. The molecule has 0 fully saturated rings. The average molecular weight is 280 g/mol. The van der Waals surface area contributed by atoms with Crippen molar-refractivity contribution in [2.45, 2.75) is 13.8 Å². The number of anilines is 1. The minimum Gasteiger partial charge on any atom is -0.462 e. The van der Waals surface area contributed by atoms with Crippen LogP contribution in [0.2, 0.25) is 5.02 Å². The van der Waals surface area contributed by atoms with Crippen LogP contribution in [0.5, 0.6) is 0 Å². The van der Waals surface area contributed by atoms with Gasteiger partial charge >= 0.3 is 5.97 Å². The fraction of sp³-hybridized carbons (Fsp3) is 0.214. The van der Waals surface area contributed by atoms with Gasteiger partial charge in [-0.2, -0.15) is 0 Å². The Bertz CT molecular complexity index is 619. The third kappa shape index (κ3) is 2.58. The molecule has 0 unspecified atom stereocenters. The van der Waals surface area contributed by atoms with E-state index < -0.39 is 5.97 Å². The highest BCUT2D eigenvalue weighted by Crippen LogP contribution is 2.34. The van der Waals surface area contributed by atoms with E-state index in [9.17, 15) is 4.79 Å². The van der Waals surface area contributed by atoms with Gasteiger partial charge in [-0.1, -0.05) is 11.6 Å². The Morgan fingerprint density at radius 2 is 2.11 bits per heavy atom. The molecule has 2 N–H and O–H groups in total. The lowest BCUT2D eigenvalue weighted by atomic mass is 10.1. The van der Waals surface area contributed by atoms with Crippen LogP contribution in [0.4, 0.5) is 5.69 Å². The number of rotatable bonds is 3. The summed E-state index contributed by atoms with van der Waals surface area (Å²) in [5.41, 5.74) is 7.08. The molecule has 4 nitrogen and oxygen atoms in total. The van der Waals surface area contributed by atoms with Crippen molar-refractivity contribution in [2.24, 2.45) is 0 Å². The molecular formula is C14H14ClNO3. The molecule has 1 aromatic heterocycles. The van der Waals surface area contributed by atoms with Crippen molar-refractivity contribution < 1.29 is 13.9 Å². The fourth-order valence-electron chi connectivity index (χ4n) is 1.80. The van der Waals surface area contributed by atoms with Gasteiger partial charge in [-0.25, -0.2) is 4.79 Å². The van der Waals surface area contributed by atoms with Crippen molar-refractivity contribution in [1.29, 1.82) is 0 Å². The molecule has 2 aromatic rings. The van der Waals surface area contributed by atoms with Crippen LogP contribution in [0, 0.1) is 6.92 Å². The first-order valence-electron chi connectivity index (χ1n) is 5.86. The Morgan fingerprint density at radius 1 is 1.37 bits per heavy atom. The third-order valence-electron chi connectivity index (χ3n) is 2.68. The molecule has 0 bridgehead atoms. The average Bonchev–Trinajstić information content (AvgIpc) is 2.76. The Kier molecular flexibility index (Phi) is 3.81. The van der Waals surface area contributed by atoms with Crippen LogP contribution in [0.1, 0.15) is 23.0 Å². The van der Waals surface area contributed by atoms with E-state index in [0.717, 1.165) is 5.76 Å². The fourth-order valence-corrected chi connectivity index (χ4v) is 2.04. The summed E-state index contributed by atoms with van der Waals surface area (Å²) in [6.07, 6.45) is 0. The first-order valence-corrected chi connectivity index (χ1v) is 6.24. The van der Waals surface area contributed by atoms with E-state index in [1.54, 1.807) is 25.1 Å². The normalized spacial score (nSPS) is 10.5. The molecule has 0 radical (unpaired) electrons. The van der Waals surface area contributed by atoms with Crippen LogP contribution in [-0.2, 0) is 4.74 Å². The van der Waals surface area contributed by atoms with Gasteiger partial charge in [0, 0.05) is 5.56 Å². The minimum absolute atomic E-state index is 0.176. The number of hydrogen-bond acceptors (Lipinski definition) is 4. The van der Waals surface area contributed by atoms with Crippen LogP contribution in [0.3, 0.4) is 0 Å². The Hall–Kier alpha value is -1.94. The van der Waals surface area contributed by atoms with Crippen LogP contribution in [0.25, 0.3) is 11.3 Å². The van der Waals surface area contributed by atoms with E-state index in [2.05, 4.69) is 0 Å². The van der Waals surface area contributed by atoms with E-state index in [-0.39, 0.29) is 22.9 Å². The van der Waals surface area contributed by atoms with Crippen molar-refractivity contribution in [3.8, 4) is 11.3 Å². The third-order valence-corrected chi connectivity index (χ3v) is 3.00. The zero-order valence-electron chi connectivity index (χ0n) is 10.7. The van der Waals surface area contributed by atoms with E-state index in [4.69, 9.17) is 26.5 Å². The van der Waals surface area contributed by atoms with Crippen molar-refractivity contribution in [3.63, 3.8) is 0 Å². The number of furan rings is 1. The highest BCUT2D eigenvalue weighted by atomic mass is 35.5. The molecular weight excluding hydrogens is 266 g/mol. The number of benzene rings is 1. The lowest BCUT2D eigenvalue weighted by Gasteiger charge is -2.10. The highest BCUT2D eigenvalue weighted by Gasteiger charge is 2.20. The van der Waals surface area contributed by atoms with Gasteiger partial charge < -0.3 is 14.9 Å². The predicted octanol–water partition coefficient (Wildman–Crippen LogP) is 3.67. The number of hydrogen-bond donors (Lipinski definition) is 1. The molecule has 1 heterocycles. The molecule has 0 aliphatic carbocycles. The molecule has 1 aromatic carbocycles. The monoisotopic (exact) mass is 279 g/mol. The molecule has 2 rings (SSSR count). The highest BCUT2D eigenvalue weighted by molar-refractivity contribution is 6.34. The Labute approximate surface area is 116 Å². The Morgan fingerprint density at radius 3 is 2.68 bits per heavy atom. The number of carbonyl (C=O) groups excluding carboxylic acids is 1. The lowest BCUT2D eigenvalue weighted by molar-refractivity contribution is 0.0528. The summed E-state index contributed by atoms with van der Waals surface area (Å²) in [4.78, 5) is 11.9. The first kappa shape index (κ1) is 13.5. The smallest absolute Gasteiger partial charge is 0.341 e. The van der Waals surface area contributed by atoms with Gasteiger partial charge in [-0.3, -0.25) is 0 Å². The van der Waals surface area contributed by atoms with Crippen molar-refractivity contribution in [3.05, 3.63) is 40.6 Å². The van der Waals surface area contributed by atoms with Gasteiger partial charge in [0.15, 0.2) is 0 Å². The standard InChI is InChI=1S/C14H14ClNO3/c1-3-18-14(17)12-10(15)6-5-9(13(12)16)11-7-4-8(2)19-11/h4-7H,3,16H2,1-2H3. The number of ether oxygens (including phenoxy) is 1. The molecule has 19 heavy (non-hydrogen) atoms. The van der Waals surface area contributed by atoms with Crippen LogP contribution >= 0.6 is 11.6 Å². The molecule has 0 amide bonds. The Balaban J connectivity index is 2.54. The SMILES string of the molecule is CCOC(=O)c1c(Cl)ccc(-c2ccc(C)o2)c1N. The molecule has 0 aliphatic heterocycles. The number of carbonyl (C=O) groups is 1. The van der Waals surface area contributed by atoms with E-state index in [1.807, 2.05) is 13.0 Å². The summed E-state index contributed by atoms with van der Waals surface area (Å²) in [6.45, 7) is 3.82. The summed E-state index contributed by atoms with van der Waals surface area (Å²) in [7, 11) is 0. The maximum absolute atomic E-state index is 11.9. The van der Waals surface area contributed by atoms with E-state index in [0.29, 0.717) is 11.3 Å². The van der Waals surface area contributed by atoms with Gasteiger partial charge in [-0.05, 0) is 38.1 Å². The number of halogens is 1. The number of nitrogens with two attached hydrogens (primary N) is 1. The molecule has 5 heteroatoms. The molecule has 0 atom stereocenters.